The predicted molar refractivity (Wildman–Crippen MR) is 79.9 cm³/mol. The predicted octanol–water partition coefficient (Wildman–Crippen LogP) is 4.21. The summed E-state index contributed by atoms with van der Waals surface area (Å²) in [4.78, 5) is 14.1. The molecule has 0 aliphatic heterocycles. The van der Waals surface area contributed by atoms with E-state index in [9.17, 15) is 4.79 Å². The third-order valence-corrected chi connectivity index (χ3v) is 3.43. The van der Waals surface area contributed by atoms with E-state index in [2.05, 4.69) is 10.3 Å². The Labute approximate surface area is 126 Å². The number of nitrogens with one attached hydrogen (secondary N) is 2. The van der Waals surface area contributed by atoms with Gasteiger partial charge in [0, 0.05) is 18.2 Å². The Morgan fingerprint density at radius 3 is 2.80 bits per heavy atom. The fraction of sp³-hybridized carbons (Fsp3) is 0.143. The molecule has 20 heavy (non-hydrogen) atoms. The summed E-state index contributed by atoms with van der Waals surface area (Å²) in [6.07, 6.45) is 2.03. The topological polar surface area (TPSA) is 68.7 Å². The number of hydrogen-bond donors (Lipinski definition) is 2. The zero-order valence-corrected chi connectivity index (χ0v) is 12.1. The van der Waals surface area contributed by atoms with Crippen LogP contribution in [0.4, 0.5) is 5.69 Å². The maximum Gasteiger partial charge on any atom is 0.224 e. The number of aromatic nitrogens is 1. The number of benzene rings is 1. The van der Waals surface area contributed by atoms with Gasteiger partial charge in [-0.05, 0) is 17.7 Å². The molecule has 0 saturated heterocycles. The van der Waals surface area contributed by atoms with E-state index in [0.717, 1.165) is 5.56 Å². The lowest BCUT2D eigenvalue weighted by Crippen LogP contribution is -2.09. The number of carbonyl (C=O) groups excluding carboxylic acids is 1. The Morgan fingerprint density at radius 1 is 1.45 bits per heavy atom. The maximum absolute atomic E-state index is 11.4. The van der Waals surface area contributed by atoms with Crippen LogP contribution in [0.5, 0.6) is 0 Å². The zero-order chi connectivity index (χ0) is 14.7. The lowest BCUT2D eigenvalue weighted by molar-refractivity contribution is -0.115. The molecule has 0 saturated carbocycles. The number of H-pyrrole nitrogens is 1. The minimum Gasteiger partial charge on any atom is -0.351 e. The van der Waals surface area contributed by atoms with Crippen LogP contribution in [0, 0.1) is 11.3 Å². The fourth-order valence-electron chi connectivity index (χ4n) is 1.76. The van der Waals surface area contributed by atoms with E-state index in [1.807, 2.05) is 6.07 Å². The summed E-state index contributed by atoms with van der Waals surface area (Å²) in [5, 5.41) is 12.5. The molecule has 1 amide bonds. The number of rotatable bonds is 3. The SMILES string of the molecule is CCC(=O)Nc1ccc(-c2c[nH]c(Cl)c2C#N)cc1Cl. The standard InChI is InChI=1S/C14H11Cl2N3O/c1-2-13(20)19-12-4-3-8(5-11(12)15)10-7-18-14(16)9(10)6-17/h3-5,7,18H,2H2,1H3,(H,19,20). The van der Waals surface area contributed by atoms with Gasteiger partial charge in [0.15, 0.2) is 0 Å². The van der Waals surface area contributed by atoms with Crippen LogP contribution in [0.25, 0.3) is 11.1 Å². The lowest BCUT2D eigenvalue weighted by atomic mass is 10.0. The van der Waals surface area contributed by atoms with Crippen molar-refractivity contribution >= 4 is 34.8 Å². The molecule has 0 bridgehead atoms. The first-order valence-electron chi connectivity index (χ1n) is 5.93. The zero-order valence-electron chi connectivity index (χ0n) is 10.6. The third kappa shape index (κ3) is 2.79. The minimum absolute atomic E-state index is 0.109. The van der Waals surface area contributed by atoms with Gasteiger partial charge >= 0.3 is 0 Å². The molecule has 0 spiro atoms. The Morgan fingerprint density at radius 2 is 2.20 bits per heavy atom. The molecule has 0 fully saturated rings. The van der Waals surface area contributed by atoms with E-state index in [1.165, 1.54) is 0 Å². The Balaban J connectivity index is 2.39. The third-order valence-electron chi connectivity index (χ3n) is 2.82. The molecule has 2 aromatic rings. The first-order valence-corrected chi connectivity index (χ1v) is 6.69. The number of anilines is 1. The van der Waals surface area contributed by atoms with E-state index in [-0.39, 0.29) is 5.91 Å². The Hall–Kier alpha value is -1.96. The maximum atomic E-state index is 11.4. The van der Waals surface area contributed by atoms with Crippen molar-refractivity contribution in [3.63, 3.8) is 0 Å². The summed E-state index contributed by atoms with van der Waals surface area (Å²) in [5.74, 6) is -0.109. The molecule has 4 nitrogen and oxygen atoms in total. The van der Waals surface area contributed by atoms with Crippen LogP contribution in [0.3, 0.4) is 0 Å². The highest BCUT2D eigenvalue weighted by molar-refractivity contribution is 6.34. The number of halogens is 2. The molecule has 2 rings (SSSR count). The van der Waals surface area contributed by atoms with Crippen molar-refractivity contribution in [2.75, 3.05) is 5.32 Å². The van der Waals surface area contributed by atoms with Gasteiger partial charge in [-0.25, -0.2) is 0 Å². The van der Waals surface area contributed by atoms with Gasteiger partial charge in [-0.15, -0.1) is 0 Å². The second-order valence-corrected chi connectivity index (χ2v) is 4.88. The van der Waals surface area contributed by atoms with E-state index >= 15 is 0 Å². The number of nitrogens with zero attached hydrogens (tertiary/aromatic N) is 1. The van der Waals surface area contributed by atoms with Crippen LogP contribution in [0.2, 0.25) is 10.2 Å². The number of aromatic amines is 1. The van der Waals surface area contributed by atoms with Crippen molar-refractivity contribution in [3.05, 3.63) is 40.1 Å². The molecule has 1 heterocycles. The summed E-state index contributed by atoms with van der Waals surface area (Å²) in [5.41, 5.74) is 2.34. The van der Waals surface area contributed by atoms with Gasteiger partial charge in [0.1, 0.15) is 11.2 Å². The van der Waals surface area contributed by atoms with Gasteiger partial charge in [0.05, 0.1) is 16.3 Å². The van der Waals surface area contributed by atoms with Crippen LogP contribution in [0.15, 0.2) is 24.4 Å². The number of amides is 1. The van der Waals surface area contributed by atoms with Crippen molar-refractivity contribution in [2.45, 2.75) is 13.3 Å². The largest absolute Gasteiger partial charge is 0.351 e. The first-order chi connectivity index (χ1) is 9.56. The van der Waals surface area contributed by atoms with Crippen molar-refractivity contribution in [1.29, 1.82) is 5.26 Å². The average molecular weight is 308 g/mol. The average Bonchev–Trinajstić information content (AvgIpc) is 2.81. The molecule has 6 heteroatoms. The van der Waals surface area contributed by atoms with E-state index in [4.69, 9.17) is 28.5 Å². The van der Waals surface area contributed by atoms with Crippen LogP contribution in [0.1, 0.15) is 18.9 Å². The summed E-state index contributed by atoms with van der Waals surface area (Å²) in [6.45, 7) is 1.76. The summed E-state index contributed by atoms with van der Waals surface area (Å²) >= 11 is 12.0. The minimum atomic E-state index is -0.109. The van der Waals surface area contributed by atoms with E-state index in [0.29, 0.717) is 33.4 Å². The molecule has 0 aliphatic carbocycles. The van der Waals surface area contributed by atoms with Gasteiger partial charge in [-0.1, -0.05) is 36.2 Å². The molecule has 102 valence electrons. The smallest absolute Gasteiger partial charge is 0.224 e. The molecule has 1 aromatic heterocycles. The van der Waals surface area contributed by atoms with Crippen molar-refractivity contribution in [1.82, 2.24) is 4.98 Å². The molecule has 1 aromatic carbocycles. The highest BCUT2D eigenvalue weighted by Gasteiger charge is 2.13. The number of nitriles is 1. The van der Waals surface area contributed by atoms with Crippen LogP contribution >= 0.6 is 23.2 Å². The highest BCUT2D eigenvalue weighted by atomic mass is 35.5. The monoisotopic (exact) mass is 307 g/mol. The summed E-state index contributed by atoms with van der Waals surface area (Å²) < 4.78 is 0. The molecule has 0 atom stereocenters. The van der Waals surface area contributed by atoms with Gasteiger partial charge in [0.25, 0.3) is 0 Å². The van der Waals surface area contributed by atoms with Crippen molar-refractivity contribution in [3.8, 4) is 17.2 Å². The van der Waals surface area contributed by atoms with Crippen LogP contribution in [-0.2, 0) is 4.79 Å². The molecule has 0 unspecified atom stereocenters. The van der Waals surface area contributed by atoms with Crippen LogP contribution < -0.4 is 5.32 Å². The quantitative estimate of drug-likeness (QED) is 0.892. The number of carbonyl (C=O) groups is 1. The second-order valence-electron chi connectivity index (χ2n) is 4.10. The van der Waals surface area contributed by atoms with Gasteiger partial charge in [0.2, 0.25) is 5.91 Å². The molecule has 0 aliphatic rings. The van der Waals surface area contributed by atoms with Crippen molar-refractivity contribution < 1.29 is 4.79 Å². The Bertz CT molecular complexity index is 701. The number of hydrogen-bond acceptors (Lipinski definition) is 2. The van der Waals surface area contributed by atoms with Gasteiger partial charge < -0.3 is 10.3 Å². The molecular formula is C14H11Cl2N3O. The lowest BCUT2D eigenvalue weighted by Gasteiger charge is -2.08. The normalized spacial score (nSPS) is 10.1. The fourth-order valence-corrected chi connectivity index (χ4v) is 2.18. The van der Waals surface area contributed by atoms with Gasteiger partial charge in [-0.2, -0.15) is 5.26 Å². The summed E-state index contributed by atoms with van der Waals surface area (Å²) in [7, 11) is 0. The van der Waals surface area contributed by atoms with Crippen molar-refractivity contribution in [2.24, 2.45) is 0 Å². The highest BCUT2D eigenvalue weighted by Crippen LogP contribution is 2.32. The van der Waals surface area contributed by atoms with Gasteiger partial charge in [-0.3, -0.25) is 4.79 Å². The molecule has 2 N–H and O–H groups in total. The van der Waals surface area contributed by atoms with Crippen LogP contribution in [-0.4, -0.2) is 10.9 Å². The second kappa shape index (κ2) is 6.00. The first kappa shape index (κ1) is 14.4. The summed E-state index contributed by atoms with van der Waals surface area (Å²) in [6, 6.07) is 7.21. The molecule has 0 radical (unpaired) electrons. The van der Waals surface area contributed by atoms with E-state index in [1.54, 1.807) is 31.3 Å². The Kier molecular flexibility index (Phi) is 4.33. The van der Waals surface area contributed by atoms with E-state index < -0.39 is 0 Å². The molecular weight excluding hydrogens is 297 g/mol.